The van der Waals surface area contributed by atoms with E-state index in [-0.39, 0.29) is 6.04 Å². The predicted molar refractivity (Wildman–Crippen MR) is 57.0 cm³/mol. The Morgan fingerprint density at radius 3 is 2.57 bits per heavy atom. The number of anilines is 1. The third kappa shape index (κ3) is 1.96. The molecule has 0 amide bonds. The molecule has 0 bridgehead atoms. The molecule has 0 aromatic carbocycles. The highest BCUT2D eigenvalue weighted by atomic mass is 16.5. The number of nitrogens with two attached hydrogens (primary N) is 2. The smallest absolute Gasteiger partial charge is 0.219 e. The zero-order valence-corrected chi connectivity index (χ0v) is 8.82. The van der Waals surface area contributed by atoms with Gasteiger partial charge in [-0.3, -0.25) is 0 Å². The van der Waals surface area contributed by atoms with Gasteiger partial charge in [0, 0.05) is 17.9 Å². The fourth-order valence-corrected chi connectivity index (χ4v) is 1.30. The van der Waals surface area contributed by atoms with Gasteiger partial charge in [-0.15, -0.1) is 0 Å². The van der Waals surface area contributed by atoms with Gasteiger partial charge in [0.15, 0.2) is 0 Å². The number of nitrogen functional groups attached to an aromatic ring is 1. The zero-order valence-electron chi connectivity index (χ0n) is 8.82. The highest BCUT2D eigenvalue weighted by Gasteiger charge is 2.18. The van der Waals surface area contributed by atoms with Crippen LogP contribution in [-0.2, 0) is 0 Å². The summed E-state index contributed by atoms with van der Waals surface area (Å²) in [7, 11) is 1.57. The van der Waals surface area contributed by atoms with Gasteiger partial charge in [0.05, 0.1) is 12.7 Å². The molecule has 78 valence electrons. The van der Waals surface area contributed by atoms with Crippen LogP contribution < -0.4 is 16.2 Å². The molecule has 1 atom stereocenters. The molecule has 1 unspecified atom stereocenters. The minimum atomic E-state index is -0.140. The molecule has 0 saturated carbocycles. The van der Waals surface area contributed by atoms with Crippen molar-refractivity contribution in [2.45, 2.75) is 19.9 Å². The van der Waals surface area contributed by atoms with E-state index in [1.807, 2.05) is 13.8 Å². The van der Waals surface area contributed by atoms with Crippen LogP contribution in [0.2, 0.25) is 0 Å². The Morgan fingerprint density at radius 1 is 1.43 bits per heavy atom. The largest absolute Gasteiger partial charge is 0.481 e. The molecule has 0 aliphatic heterocycles. The van der Waals surface area contributed by atoms with Gasteiger partial charge in [0.1, 0.15) is 0 Å². The van der Waals surface area contributed by atoms with Crippen molar-refractivity contribution in [2.75, 3.05) is 12.8 Å². The van der Waals surface area contributed by atoms with Gasteiger partial charge >= 0.3 is 0 Å². The van der Waals surface area contributed by atoms with E-state index in [1.165, 1.54) is 0 Å². The second kappa shape index (κ2) is 4.28. The molecule has 0 aliphatic carbocycles. The molecular formula is C10H17N3O. The molecule has 4 nitrogen and oxygen atoms in total. The summed E-state index contributed by atoms with van der Waals surface area (Å²) in [4.78, 5) is 4.08. The van der Waals surface area contributed by atoms with E-state index < -0.39 is 0 Å². The first kappa shape index (κ1) is 10.8. The molecule has 4 heteroatoms. The lowest BCUT2D eigenvalue weighted by Gasteiger charge is -2.19. The summed E-state index contributed by atoms with van der Waals surface area (Å²) in [5, 5.41) is 0. The lowest BCUT2D eigenvalue weighted by molar-refractivity contribution is 0.381. The van der Waals surface area contributed by atoms with Gasteiger partial charge in [0.2, 0.25) is 5.88 Å². The number of pyridine rings is 1. The highest BCUT2D eigenvalue weighted by molar-refractivity contribution is 5.52. The van der Waals surface area contributed by atoms with Gasteiger partial charge in [-0.05, 0) is 12.0 Å². The Balaban J connectivity index is 3.16. The number of nitrogens with zero attached hydrogens (tertiary/aromatic N) is 1. The standard InChI is InChI=1S/C10H17N3O/c1-6(2)9(12)8-7(11)4-5-13-10(8)14-3/h4-6,9H,12H2,1-3H3,(H2,11,13). The summed E-state index contributed by atoms with van der Waals surface area (Å²) >= 11 is 0. The molecule has 1 aromatic rings. The van der Waals surface area contributed by atoms with Crippen LogP contribution in [0.3, 0.4) is 0 Å². The normalized spacial score (nSPS) is 12.9. The minimum absolute atomic E-state index is 0.140. The first-order valence-corrected chi connectivity index (χ1v) is 4.61. The van der Waals surface area contributed by atoms with Crippen molar-refractivity contribution < 1.29 is 4.74 Å². The average Bonchev–Trinajstić information content (AvgIpc) is 2.16. The first-order valence-electron chi connectivity index (χ1n) is 4.61. The van der Waals surface area contributed by atoms with Crippen molar-refractivity contribution in [1.82, 2.24) is 4.98 Å². The quantitative estimate of drug-likeness (QED) is 0.763. The van der Waals surface area contributed by atoms with Gasteiger partial charge in [-0.2, -0.15) is 0 Å². The van der Waals surface area contributed by atoms with Gasteiger partial charge in [0.25, 0.3) is 0 Å². The summed E-state index contributed by atoms with van der Waals surface area (Å²) < 4.78 is 5.13. The van der Waals surface area contributed by atoms with Crippen molar-refractivity contribution in [3.63, 3.8) is 0 Å². The van der Waals surface area contributed by atoms with Gasteiger partial charge in [-0.1, -0.05) is 13.8 Å². The Kier molecular flexibility index (Phi) is 3.30. The summed E-state index contributed by atoms with van der Waals surface area (Å²) in [6.45, 7) is 4.08. The van der Waals surface area contributed by atoms with E-state index >= 15 is 0 Å². The summed E-state index contributed by atoms with van der Waals surface area (Å²) in [5.41, 5.74) is 13.3. The third-order valence-electron chi connectivity index (χ3n) is 2.23. The van der Waals surface area contributed by atoms with Crippen LogP contribution in [0.1, 0.15) is 25.5 Å². The van der Waals surface area contributed by atoms with Crippen LogP contribution in [0.25, 0.3) is 0 Å². The van der Waals surface area contributed by atoms with Crippen LogP contribution >= 0.6 is 0 Å². The molecule has 14 heavy (non-hydrogen) atoms. The van der Waals surface area contributed by atoms with Crippen molar-refractivity contribution in [2.24, 2.45) is 11.7 Å². The average molecular weight is 195 g/mol. The molecule has 1 rings (SSSR count). The van der Waals surface area contributed by atoms with E-state index in [0.29, 0.717) is 17.5 Å². The molecule has 0 fully saturated rings. The van der Waals surface area contributed by atoms with Crippen LogP contribution in [0, 0.1) is 5.92 Å². The number of ether oxygens (including phenoxy) is 1. The SMILES string of the molecule is COc1nccc(N)c1C(N)C(C)C. The van der Waals surface area contributed by atoms with Crippen LogP contribution in [0.4, 0.5) is 5.69 Å². The zero-order chi connectivity index (χ0) is 10.7. The van der Waals surface area contributed by atoms with Crippen molar-refractivity contribution in [3.05, 3.63) is 17.8 Å². The van der Waals surface area contributed by atoms with Crippen molar-refractivity contribution >= 4 is 5.69 Å². The molecule has 0 aliphatic rings. The Labute approximate surface area is 84.3 Å². The summed E-state index contributed by atoms with van der Waals surface area (Å²) in [5.74, 6) is 0.821. The molecule has 0 spiro atoms. The van der Waals surface area contributed by atoms with E-state index in [9.17, 15) is 0 Å². The van der Waals surface area contributed by atoms with E-state index in [4.69, 9.17) is 16.2 Å². The Bertz CT molecular complexity index is 312. The van der Waals surface area contributed by atoms with Crippen LogP contribution in [0.5, 0.6) is 5.88 Å². The van der Waals surface area contributed by atoms with E-state index in [0.717, 1.165) is 5.56 Å². The maximum absolute atomic E-state index is 6.02. The van der Waals surface area contributed by atoms with Crippen molar-refractivity contribution in [1.29, 1.82) is 0 Å². The lowest BCUT2D eigenvalue weighted by Crippen LogP contribution is -2.19. The fourth-order valence-electron chi connectivity index (χ4n) is 1.30. The first-order chi connectivity index (χ1) is 6.57. The van der Waals surface area contributed by atoms with Crippen LogP contribution in [0.15, 0.2) is 12.3 Å². The second-order valence-electron chi connectivity index (χ2n) is 3.59. The Morgan fingerprint density at radius 2 is 2.07 bits per heavy atom. The van der Waals surface area contributed by atoms with Gasteiger partial charge < -0.3 is 16.2 Å². The molecule has 1 heterocycles. The third-order valence-corrected chi connectivity index (χ3v) is 2.23. The number of methoxy groups -OCH3 is 1. The number of hydrogen-bond donors (Lipinski definition) is 2. The second-order valence-corrected chi connectivity index (χ2v) is 3.59. The van der Waals surface area contributed by atoms with Gasteiger partial charge in [-0.25, -0.2) is 4.98 Å². The summed E-state index contributed by atoms with van der Waals surface area (Å²) in [6, 6.07) is 1.60. The monoisotopic (exact) mass is 195 g/mol. The highest BCUT2D eigenvalue weighted by Crippen LogP contribution is 2.30. The number of hydrogen-bond acceptors (Lipinski definition) is 4. The fraction of sp³-hybridized carbons (Fsp3) is 0.500. The van der Waals surface area contributed by atoms with E-state index in [1.54, 1.807) is 19.4 Å². The number of aromatic nitrogens is 1. The molecule has 0 radical (unpaired) electrons. The lowest BCUT2D eigenvalue weighted by atomic mass is 9.97. The maximum Gasteiger partial charge on any atom is 0.219 e. The molecular weight excluding hydrogens is 178 g/mol. The number of rotatable bonds is 3. The molecule has 0 saturated heterocycles. The summed E-state index contributed by atoms with van der Waals surface area (Å²) in [6.07, 6.45) is 1.62. The van der Waals surface area contributed by atoms with E-state index in [2.05, 4.69) is 4.98 Å². The topological polar surface area (TPSA) is 74.2 Å². The minimum Gasteiger partial charge on any atom is -0.481 e. The van der Waals surface area contributed by atoms with Crippen LogP contribution in [-0.4, -0.2) is 12.1 Å². The predicted octanol–water partition coefficient (Wildman–Crippen LogP) is 1.33. The molecule has 4 N–H and O–H groups in total. The molecule has 1 aromatic heterocycles. The maximum atomic E-state index is 6.02. The van der Waals surface area contributed by atoms with Crippen molar-refractivity contribution in [3.8, 4) is 5.88 Å². The Hall–Kier alpha value is -1.29.